The quantitative estimate of drug-likeness (QED) is 0.0344. The summed E-state index contributed by atoms with van der Waals surface area (Å²) in [5.74, 6) is 0.815. The number of hydrogen-bond acceptors (Lipinski definition) is 6. The summed E-state index contributed by atoms with van der Waals surface area (Å²) in [7, 11) is 0. The molecule has 0 aliphatic rings. The van der Waals surface area contributed by atoms with Crippen molar-refractivity contribution in [1.82, 2.24) is 0 Å². The highest BCUT2D eigenvalue weighted by atomic mass is 16.6. The van der Waals surface area contributed by atoms with E-state index in [9.17, 15) is 14.4 Å². The lowest BCUT2D eigenvalue weighted by Crippen LogP contribution is -2.30. The lowest BCUT2D eigenvalue weighted by Gasteiger charge is -2.18. The Labute approximate surface area is 380 Å². The average molecular weight is 863 g/mol. The number of hydrogen-bond donors (Lipinski definition) is 0. The monoisotopic (exact) mass is 863 g/mol. The Morgan fingerprint density at radius 2 is 0.623 bits per heavy atom. The first kappa shape index (κ1) is 59.4. The Morgan fingerprint density at radius 3 is 0.934 bits per heavy atom. The maximum atomic E-state index is 12.8. The molecule has 0 aromatic heterocycles. The summed E-state index contributed by atoms with van der Waals surface area (Å²) in [5, 5.41) is 0. The molecule has 0 N–H and O–H groups in total. The first-order valence-electron chi connectivity index (χ1n) is 27.3. The van der Waals surface area contributed by atoms with Crippen LogP contribution in [0, 0.1) is 11.8 Å². The van der Waals surface area contributed by atoms with Crippen molar-refractivity contribution in [2.75, 3.05) is 13.2 Å². The zero-order chi connectivity index (χ0) is 44.7. The molecule has 362 valence electrons. The fraction of sp³-hybridized carbons (Fsp3) is 0.945. The second-order valence-corrected chi connectivity index (χ2v) is 19.6. The molecule has 0 radical (unpaired) electrons. The van der Waals surface area contributed by atoms with E-state index in [1.807, 2.05) is 0 Å². The minimum absolute atomic E-state index is 0.0639. The van der Waals surface area contributed by atoms with Crippen molar-refractivity contribution in [3.05, 3.63) is 0 Å². The maximum Gasteiger partial charge on any atom is 0.306 e. The molecular weight excluding hydrogens is 757 g/mol. The van der Waals surface area contributed by atoms with E-state index in [1.54, 1.807) is 0 Å². The van der Waals surface area contributed by atoms with E-state index in [-0.39, 0.29) is 31.1 Å². The molecule has 1 unspecified atom stereocenters. The van der Waals surface area contributed by atoms with Gasteiger partial charge in [-0.15, -0.1) is 0 Å². The molecule has 0 aromatic rings. The summed E-state index contributed by atoms with van der Waals surface area (Å²) in [5.41, 5.74) is 0. The van der Waals surface area contributed by atoms with Gasteiger partial charge < -0.3 is 14.2 Å². The predicted molar refractivity (Wildman–Crippen MR) is 261 cm³/mol. The van der Waals surface area contributed by atoms with E-state index in [0.29, 0.717) is 19.3 Å². The third kappa shape index (κ3) is 47.7. The first-order valence-corrected chi connectivity index (χ1v) is 27.3. The Hall–Kier alpha value is -1.59. The van der Waals surface area contributed by atoms with Crippen LogP contribution in [0.2, 0.25) is 0 Å². The van der Waals surface area contributed by atoms with Crippen LogP contribution in [-0.2, 0) is 28.6 Å². The molecule has 6 heteroatoms. The lowest BCUT2D eigenvalue weighted by molar-refractivity contribution is -0.167. The van der Waals surface area contributed by atoms with Gasteiger partial charge in [0, 0.05) is 19.3 Å². The Bertz CT molecular complexity index is 933. The second-order valence-electron chi connectivity index (χ2n) is 19.6. The van der Waals surface area contributed by atoms with Crippen LogP contribution in [0.5, 0.6) is 0 Å². The highest BCUT2D eigenvalue weighted by Gasteiger charge is 2.19. The van der Waals surface area contributed by atoms with Crippen LogP contribution in [0.4, 0.5) is 0 Å². The molecule has 0 fully saturated rings. The van der Waals surface area contributed by atoms with E-state index in [2.05, 4.69) is 34.6 Å². The molecular formula is C55H106O6. The lowest BCUT2D eigenvalue weighted by atomic mass is 9.99. The Kier molecular flexibility index (Phi) is 46.6. The summed E-state index contributed by atoms with van der Waals surface area (Å²) in [4.78, 5) is 38.0. The van der Waals surface area contributed by atoms with E-state index in [1.165, 1.54) is 193 Å². The van der Waals surface area contributed by atoms with Crippen molar-refractivity contribution in [2.45, 2.75) is 310 Å². The highest BCUT2D eigenvalue weighted by molar-refractivity contribution is 5.71. The van der Waals surface area contributed by atoms with Crippen LogP contribution >= 0.6 is 0 Å². The Balaban J connectivity index is 4.26. The van der Waals surface area contributed by atoms with Crippen molar-refractivity contribution >= 4 is 17.9 Å². The van der Waals surface area contributed by atoms with Crippen molar-refractivity contribution in [2.24, 2.45) is 11.8 Å². The molecule has 0 rings (SSSR count). The molecule has 0 heterocycles. The van der Waals surface area contributed by atoms with E-state index < -0.39 is 6.10 Å². The van der Waals surface area contributed by atoms with Gasteiger partial charge in [0.25, 0.3) is 0 Å². The van der Waals surface area contributed by atoms with Gasteiger partial charge in [0.2, 0.25) is 0 Å². The van der Waals surface area contributed by atoms with Crippen molar-refractivity contribution < 1.29 is 28.6 Å². The number of unbranched alkanes of at least 4 members (excludes halogenated alkanes) is 33. The van der Waals surface area contributed by atoms with Crippen LogP contribution in [0.1, 0.15) is 304 Å². The smallest absolute Gasteiger partial charge is 0.306 e. The van der Waals surface area contributed by atoms with Crippen LogP contribution in [0.15, 0.2) is 0 Å². The van der Waals surface area contributed by atoms with Gasteiger partial charge >= 0.3 is 17.9 Å². The number of carbonyl (C=O) groups is 3. The zero-order valence-corrected chi connectivity index (χ0v) is 41.8. The third-order valence-electron chi connectivity index (χ3n) is 12.8. The molecule has 0 spiro atoms. The fourth-order valence-electron chi connectivity index (χ4n) is 8.31. The van der Waals surface area contributed by atoms with E-state index >= 15 is 0 Å². The van der Waals surface area contributed by atoms with Gasteiger partial charge in [-0.2, -0.15) is 0 Å². The molecule has 0 aliphatic heterocycles. The Morgan fingerprint density at radius 1 is 0.344 bits per heavy atom. The van der Waals surface area contributed by atoms with Crippen LogP contribution in [0.25, 0.3) is 0 Å². The summed E-state index contributed by atoms with van der Waals surface area (Å²) >= 11 is 0. The standard InChI is InChI=1S/C55H106O6/c1-6-8-9-10-11-12-13-14-15-16-17-18-19-20-24-30-35-40-45-53(56)59-48-52(61-55(58)47-42-37-32-27-26-28-33-38-43-50(3)4)49-60-54(57)46-41-36-31-25-22-21-23-29-34-39-44-51(5)7-2/h50-52H,6-49H2,1-5H3/t51?,52-/m0/s1. The van der Waals surface area contributed by atoms with Gasteiger partial charge in [0.05, 0.1) is 0 Å². The predicted octanol–water partition coefficient (Wildman–Crippen LogP) is 17.7. The normalized spacial score (nSPS) is 12.5. The summed E-state index contributed by atoms with van der Waals surface area (Å²) < 4.78 is 16.8. The summed E-state index contributed by atoms with van der Waals surface area (Å²) in [6.07, 6.45) is 49.5. The van der Waals surface area contributed by atoms with Gasteiger partial charge in [-0.25, -0.2) is 0 Å². The van der Waals surface area contributed by atoms with E-state index in [4.69, 9.17) is 14.2 Å². The molecule has 0 saturated carbocycles. The number of rotatable bonds is 49. The molecule has 6 nitrogen and oxygen atoms in total. The second kappa shape index (κ2) is 47.9. The summed E-state index contributed by atoms with van der Waals surface area (Å²) in [6.45, 7) is 11.4. The molecule has 0 saturated heterocycles. The molecule has 0 aromatic carbocycles. The highest BCUT2D eigenvalue weighted by Crippen LogP contribution is 2.18. The van der Waals surface area contributed by atoms with Crippen molar-refractivity contribution in [3.63, 3.8) is 0 Å². The van der Waals surface area contributed by atoms with Crippen LogP contribution < -0.4 is 0 Å². The van der Waals surface area contributed by atoms with Gasteiger partial charge in [0.15, 0.2) is 6.10 Å². The first-order chi connectivity index (χ1) is 29.8. The molecule has 61 heavy (non-hydrogen) atoms. The van der Waals surface area contributed by atoms with Crippen LogP contribution in [0.3, 0.4) is 0 Å². The third-order valence-corrected chi connectivity index (χ3v) is 12.8. The molecule has 2 atom stereocenters. The average Bonchev–Trinajstić information content (AvgIpc) is 3.24. The van der Waals surface area contributed by atoms with Crippen LogP contribution in [-0.4, -0.2) is 37.2 Å². The fourth-order valence-corrected chi connectivity index (χ4v) is 8.31. The van der Waals surface area contributed by atoms with E-state index in [0.717, 1.165) is 69.6 Å². The maximum absolute atomic E-state index is 12.8. The topological polar surface area (TPSA) is 78.9 Å². The summed E-state index contributed by atoms with van der Waals surface area (Å²) in [6, 6.07) is 0. The minimum atomic E-state index is -0.762. The van der Waals surface area contributed by atoms with Gasteiger partial charge in [0.1, 0.15) is 13.2 Å². The van der Waals surface area contributed by atoms with Gasteiger partial charge in [-0.05, 0) is 31.1 Å². The minimum Gasteiger partial charge on any atom is -0.462 e. The van der Waals surface area contributed by atoms with Crippen molar-refractivity contribution in [3.8, 4) is 0 Å². The largest absolute Gasteiger partial charge is 0.462 e. The van der Waals surface area contributed by atoms with Gasteiger partial charge in [-0.3, -0.25) is 14.4 Å². The number of ether oxygens (including phenoxy) is 3. The van der Waals surface area contributed by atoms with Gasteiger partial charge in [-0.1, -0.05) is 266 Å². The molecule has 0 amide bonds. The zero-order valence-electron chi connectivity index (χ0n) is 41.8. The number of carbonyl (C=O) groups excluding carboxylic acids is 3. The van der Waals surface area contributed by atoms with Crippen molar-refractivity contribution in [1.29, 1.82) is 0 Å². The molecule has 0 aliphatic carbocycles. The molecule has 0 bridgehead atoms. The number of esters is 3. The SMILES string of the molecule is CCCCCCCCCCCCCCCCCCCCC(=O)OC[C@@H](COC(=O)CCCCCCCCCCCCC(C)CC)OC(=O)CCCCCCCCCCC(C)C.